The van der Waals surface area contributed by atoms with Gasteiger partial charge < -0.3 is 15.5 Å². The monoisotopic (exact) mass is 387 g/mol. The van der Waals surface area contributed by atoms with Crippen LogP contribution in [0.3, 0.4) is 0 Å². The van der Waals surface area contributed by atoms with Gasteiger partial charge in [-0.15, -0.1) is 12.4 Å². The maximum atomic E-state index is 12.6. The number of halogens is 2. The third-order valence-electron chi connectivity index (χ3n) is 4.56. The van der Waals surface area contributed by atoms with Crippen molar-refractivity contribution < 1.29 is 10.2 Å². The fourth-order valence-electron chi connectivity index (χ4n) is 3.31. The molecule has 138 valence electrons. The minimum atomic E-state index is -0.743. The Balaban J connectivity index is 0.00000225. The number of rotatable bonds is 4. The van der Waals surface area contributed by atoms with Gasteiger partial charge in [0.2, 0.25) is 0 Å². The summed E-state index contributed by atoms with van der Waals surface area (Å²) >= 11 is 6.04. The van der Waals surface area contributed by atoms with Crippen LogP contribution in [0.15, 0.2) is 23.3 Å². The standard InChI is InChI=1S/C17H22ClN3O3.ClH/c1-10-5-11(18)6-13-16(10)20-9-21(17(13)24)8-12(22)7-14-15(23)3-2-4-19-14;/h5-6,9,12,14-15,19,22-23H,2-4,7-8H2,1H3;1H/t12-,14+,15-;/m0./s1. The van der Waals surface area contributed by atoms with Gasteiger partial charge >= 0.3 is 0 Å². The van der Waals surface area contributed by atoms with Crippen molar-refractivity contribution in [2.45, 2.75) is 51.0 Å². The van der Waals surface area contributed by atoms with Crippen LogP contribution in [0.25, 0.3) is 10.9 Å². The minimum absolute atomic E-state index is 0. The quantitative estimate of drug-likeness (QED) is 0.742. The van der Waals surface area contributed by atoms with E-state index in [9.17, 15) is 15.0 Å². The van der Waals surface area contributed by atoms with Gasteiger partial charge in [0.25, 0.3) is 5.56 Å². The van der Waals surface area contributed by atoms with Gasteiger partial charge in [0, 0.05) is 11.1 Å². The van der Waals surface area contributed by atoms with E-state index >= 15 is 0 Å². The molecule has 3 N–H and O–H groups in total. The van der Waals surface area contributed by atoms with Gasteiger partial charge in [-0.1, -0.05) is 11.6 Å². The number of fused-ring (bicyclic) bond motifs is 1. The zero-order valence-corrected chi connectivity index (χ0v) is 15.6. The lowest BCUT2D eigenvalue weighted by Crippen LogP contribution is -2.47. The summed E-state index contributed by atoms with van der Waals surface area (Å²) in [6.07, 6.45) is 2.31. The molecule has 1 saturated heterocycles. The average Bonchev–Trinajstić information content (AvgIpc) is 2.53. The normalized spacial score (nSPS) is 21.8. The molecule has 0 unspecified atom stereocenters. The Hall–Kier alpha value is -1.18. The van der Waals surface area contributed by atoms with Gasteiger partial charge in [-0.05, 0) is 50.4 Å². The van der Waals surface area contributed by atoms with Crippen molar-refractivity contribution in [1.82, 2.24) is 14.9 Å². The predicted octanol–water partition coefficient (Wildman–Crippen LogP) is 1.64. The van der Waals surface area contributed by atoms with E-state index in [0.29, 0.717) is 22.3 Å². The highest BCUT2D eigenvalue weighted by molar-refractivity contribution is 6.31. The lowest BCUT2D eigenvalue weighted by molar-refractivity contribution is 0.0539. The molecule has 25 heavy (non-hydrogen) atoms. The van der Waals surface area contributed by atoms with Crippen molar-refractivity contribution in [3.63, 3.8) is 0 Å². The molecule has 2 heterocycles. The van der Waals surface area contributed by atoms with Crippen molar-refractivity contribution in [3.05, 3.63) is 39.4 Å². The lowest BCUT2D eigenvalue weighted by Gasteiger charge is -2.30. The van der Waals surface area contributed by atoms with Crippen molar-refractivity contribution >= 4 is 34.9 Å². The summed E-state index contributed by atoms with van der Waals surface area (Å²) in [7, 11) is 0. The van der Waals surface area contributed by atoms with Crippen molar-refractivity contribution in [2.75, 3.05) is 6.54 Å². The number of hydrogen-bond acceptors (Lipinski definition) is 5. The molecule has 2 aromatic rings. The molecule has 0 amide bonds. The summed E-state index contributed by atoms with van der Waals surface area (Å²) < 4.78 is 1.40. The van der Waals surface area contributed by atoms with Crippen molar-refractivity contribution in [1.29, 1.82) is 0 Å². The Morgan fingerprint density at radius 1 is 1.48 bits per heavy atom. The SMILES string of the molecule is Cc1cc(Cl)cc2c(=O)n(C[C@@H](O)C[C@H]3NCCC[C@@H]3O)cnc12.Cl. The summed E-state index contributed by atoms with van der Waals surface area (Å²) in [5, 5.41) is 24.4. The molecule has 0 saturated carbocycles. The number of aryl methyl sites for hydroxylation is 1. The Kier molecular flexibility index (Phi) is 6.82. The third kappa shape index (κ3) is 4.51. The number of nitrogens with zero attached hydrogens (tertiary/aromatic N) is 2. The summed E-state index contributed by atoms with van der Waals surface area (Å²) in [5.41, 5.74) is 1.25. The predicted molar refractivity (Wildman–Crippen MR) is 101 cm³/mol. The van der Waals surface area contributed by atoms with Gasteiger partial charge in [0.1, 0.15) is 0 Å². The number of piperidine rings is 1. The van der Waals surface area contributed by atoms with E-state index < -0.39 is 12.2 Å². The molecule has 1 aromatic heterocycles. The van der Waals surface area contributed by atoms with Crippen LogP contribution in [0.2, 0.25) is 5.02 Å². The van der Waals surface area contributed by atoms with E-state index in [4.69, 9.17) is 11.6 Å². The fourth-order valence-corrected chi connectivity index (χ4v) is 3.58. The van der Waals surface area contributed by atoms with Crippen LogP contribution in [0.5, 0.6) is 0 Å². The molecule has 1 aromatic carbocycles. The number of aliphatic hydroxyl groups is 2. The first-order valence-electron chi connectivity index (χ1n) is 8.20. The van der Waals surface area contributed by atoms with Crippen LogP contribution in [-0.2, 0) is 6.54 Å². The topological polar surface area (TPSA) is 87.4 Å². The number of nitrogens with one attached hydrogen (secondary N) is 1. The second-order valence-corrected chi connectivity index (χ2v) is 6.92. The molecule has 0 spiro atoms. The van der Waals surface area contributed by atoms with Crippen LogP contribution in [0.1, 0.15) is 24.8 Å². The average molecular weight is 388 g/mol. The number of aromatic nitrogens is 2. The summed E-state index contributed by atoms with van der Waals surface area (Å²) in [4.78, 5) is 16.9. The Morgan fingerprint density at radius 2 is 2.24 bits per heavy atom. The molecular formula is C17H23Cl2N3O3. The van der Waals surface area contributed by atoms with E-state index in [2.05, 4.69) is 10.3 Å². The Bertz CT molecular complexity index is 797. The number of aliphatic hydroxyl groups excluding tert-OH is 2. The van der Waals surface area contributed by atoms with Gasteiger partial charge in [-0.2, -0.15) is 0 Å². The highest BCUT2D eigenvalue weighted by Gasteiger charge is 2.25. The molecule has 3 atom stereocenters. The second-order valence-electron chi connectivity index (χ2n) is 6.48. The van der Waals surface area contributed by atoms with Gasteiger partial charge in [-0.25, -0.2) is 4.98 Å². The van der Waals surface area contributed by atoms with Gasteiger partial charge in [0.05, 0.1) is 36.0 Å². The Labute approximate surface area is 157 Å². The highest BCUT2D eigenvalue weighted by Crippen LogP contribution is 2.19. The summed E-state index contributed by atoms with van der Waals surface area (Å²) in [6.45, 7) is 2.83. The first-order chi connectivity index (χ1) is 11.5. The molecule has 0 bridgehead atoms. The zero-order valence-electron chi connectivity index (χ0n) is 14.0. The van der Waals surface area contributed by atoms with E-state index in [1.54, 1.807) is 12.1 Å². The fraction of sp³-hybridized carbons (Fsp3) is 0.529. The van der Waals surface area contributed by atoms with Crippen LogP contribution < -0.4 is 10.9 Å². The number of benzene rings is 1. The van der Waals surface area contributed by atoms with Gasteiger partial charge in [0.15, 0.2) is 0 Å². The summed E-state index contributed by atoms with van der Waals surface area (Å²) in [5.74, 6) is 0. The van der Waals surface area contributed by atoms with Crippen LogP contribution in [0.4, 0.5) is 0 Å². The molecule has 3 rings (SSSR count). The van der Waals surface area contributed by atoms with Crippen LogP contribution >= 0.6 is 24.0 Å². The molecular weight excluding hydrogens is 365 g/mol. The van der Waals surface area contributed by atoms with E-state index in [1.165, 1.54) is 10.9 Å². The lowest BCUT2D eigenvalue weighted by atomic mass is 9.96. The third-order valence-corrected chi connectivity index (χ3v) is 4.78. The van der Waals surface area contributed by atoms with E-state index in [0.717, 1.165) is 24.9 Å². The van der Waals surface area contributed by atoms with Crippen molar-refractivity contribution in [2.24, 2.45) is 0 Å². The maximum absolute atomic E-state index is 12.6. The smallest absolute Gasteiger partial charge is 0.261 e. The van der Waals surface area contributed by atoms with Gasteiger partial charge in [-0.3, -0.25) is 9.36 Å². The molecule has 1 aliphatic heterocycles. The largest absolute Gasteiger partial charge is 0.392 e. The highest BCUT2D eigenvalue weighted by atomic mass is 35.5. The van der Waals surface area contributed by atoms with E-state index in [-0.39, 0.29) is 30.6 Å². The van der Waals surface area contributed by atoms with Crippen LogP contribution in [-0.4, -0.2) is 44.6 Å². The minimum Gasteiger partial charge on any atom is -0.392 e. The molecule has 0 radical (unpaired) electrons. The first-order valence-corrected chi connectivity index (χ1v) is 8.58. The summed E-state index contributed by atoms with van der Waals surface area (Å²) in [6, 6.07) is 3.23. The molecule has 6 nitrogen and oxygen atoms in total. The molecule has 1 aliphatic rings. The van der Waals surface area contributed by atoms with Crippen LogP contribution in [0, 0.1) is 6.92 Å². The molecule has 0 aliphatic carbocycles. The first kappa shape index (κ1) is 20.1. The molecule has 8 heteroatoms. The Morgan fingerprint density at radius 3 is 2.96 bits per heavy atom. The molecule has 1 fully saturated rings. The van der Waals surface area contributed by atoms with Crippen molar-refractivity contribution in [3.8, 4) is 0 Å². The number of hydrogen-bond donors (Lipinski definition) is 3. The zero-order chi connectivity index (χ0) is 17.3. The second kappa shape index (κ2) is 8.47. The van der Waals surface area contributed by atoms with E-state index in [1.807, 2.05) is 6.92 Å². The maximum Gasteiger partial charge on any atom is 0.261 e.